The maximum absolute atomic E-state index is 12.0. The van der Waals surface area contributed by atoms with Gasteiger partial charge >= 0.3 is 0 Å². The van der Waals surface area contributed by atoms with Crippen LogP contribution in [0, 0.1) is 0 Å². The minimum Gasteiger partial charge on any atom is -0.394 e. The van der Waals surface area contributed by atoms with Crippen molar-refractivity contribution in [1.82, 2.24) is 10.0 Å². The Morgan fingerprint density at radius 3 is 2.18 bits per heavy atom. The first kappa shape index (κ1) is 22.0. The zero-order valence-corrected chi connectivity index (χ0v) is 16.0. The monoisotopic (exact) mass is 417 g/mol. The maximum Gasteiger partial charge on any atom is 0.264 e. The van der Waals surface area contributed by atoms with Gasteiger partial charge in [-0.25, -0.2) is 13.1 Å². The van der Waals surface area contributed by atoms with E-state index in [1.165, 1.54) is 31.2 Å². The second-order valence-electron chi connectivity index (χ2n) is 6.32. The third-order valence-electron chi connectivity index (χ3n) is 4.05. The first-order chi connectivity index (χ1) is 13.0. The largest absolute Gasteiger partial charge is 0.394 e. The van der Waals surface area contributed by atoms with Gasteiger partial charge in [-0.1, -0.05) is 0 Å². The number of benzene rings is 1. The molecule has 1 aliphatic heterocycles. The Kier molecular flexibility index (Phi) is 6.96. The van der Waals surface area contributed by atoms with Crippen LogP contribution < -0.4 is 15.4 Å². The molecule has 12 heteroatoms. The van der Waals surface area contributed by atoms with Crippen LogP contribution in [0.25, 0.3) is 0 Å². The molecule has 1 aromatic rings. The van der Waals surface area contributed by atoms with Gasteiger partial charge in [-0.3, -0.25) is 9.59 Å². The summed E-state index contributed by atoms with van der Waals surface area (Å²) >= 11 is 0. The van der Waals surface area contributed by atoms with Gasteiger partial charge in [0, 0.05) is 19.5 Å². The molecule has 0 bridgehead atoms. The van der Waals surface area contributed by atoms with E-state index in [9.17, 15) is 33.3 Å². The van der Waals surface area contributed by atoms with Crippen LogP contribution >= 0.6 is 0 Å². The molecule has 1 heterocycles. The molecule has 2 amide bonds. The molecule has 156 valence electrons. The lowest BCUT2D eigenvalue weighted by Crippen LogP contribution is -2.65. The number of carbonyl (C=O) groups excluding carboxylic acids is 2. The third kappa shape index (κ3) is 5.17. The smallest absolute Gasteiger partial charge is 0.264 e. The lowest BCUT2D eigenvalue weighted by Gasteiger charge is -2.43. The van der Waals surface area contributed by atoms with Crippen LogP contribution in [-0.4, -0.2) is 72.7 Å². The standard InChI is InChI=1S/C16H23N3O8S/c1-8(21)17-13-15(24)14(23)12(7-20)27-16(13)18-10-3-5-11(6-4-10)28(25,26)19-9(2)22/h3-6,12-16,18,20,23-24H,7H2,1-2H3,(H,17,21)(H,19,22)/t12-,13+,14+,15+,16-/m0/s1. The second kappa shape index (κ2) is 8.84. The highest BCUT2D eigenvalue weighted by atomic mass is 32.2. The number of aliphatic hydroxyl groups excluding tert-OH is 3. The van der Waals surface area contributed by atoms with Crippen LogP contribution in [0.5, 0.6) is 0 Å². The van der Waals surface area contributed by atoms with Crippen LogP contribution in [0.1, 0.15) is 13.8 Å². The molecular weight excluding hydrogens is 394 g/mol. The van der Waals surface area contributed by atoms with Crippen molar-refractivity contribution in [3.63, 3.8) is 0 Å². The Hall–Kier alpha value is -2.25. The molecule has 0 aromatic heterocycles. The Balaban J connectivity index is 2.21. The Labute approximate surface area is 161 Å². The number of hydrogen-bond acceptors (Lipinski definition) is 9. The van der Waals surface area contributed by atoms with Crippen LogP contribution in [0.15, 0.2) is 29.2 Å². The van der Waals surface area contributed by atoms with Crippen molar-refractivity contribution in [2.24, 2.45) is 0 Å². The van der Waals surface area contributed by atoms with Gasteiger partial charge in [0.1, 0.15) is 24.4 Å². The highest BCUT2D eigenvalue weighted by Gasteiger charge is 2.44. The molecule has 1 saturated heterocycles. The van der Waals surface area contributed by atoms with E-state index in [4.69, 9.17) is 4.74 Å². The third-order valence-corrected chi connectivity index (χ3v) is 5.50. The number of sulfonamides is 1. The number of aliphatic hydroxyl groups is 3. The number of anilines is 1. The van der Waals surface area contributed by atoms with E-state index in [0.29, 0.717) is 5.69 Å². The van der Waals surface area contributed by atoms with Gasteiger partial charge in [-0.2, -0.15) is 0 Å². The van der Waals surface area contributed by atoms with Crippen LogP contribution in [0.2, 0.25) is 0 Å². The summed E-state index contributed by atoms with van der Waals surface area (Å²) in [6.45, 7) is 1.75. The van der Waals surface area contributed by atoms with Crippen molar-refractivity contribution in [2.45, 2.75) is 49.3 Å². The lowest BCUT2D eigenvalue weighted by molar-refractivity contribution is -0.188. The average Bonchev–Trinajstić information content (AvgIpc) is 2.60. The zero-order valence-electron chi connectivity index (χ0n) is 15.2. The first-order valence-electron chi connectivity index (χ1n) is 8.34. The molecule has 2 rings (SSSR count). The van der Waals surface area contributed by atoms with Crippen LogP contribution in [-0.2, 0) is 24.3 Å². The predicted octanol–water partition coefficient (Wildman–Crippen LogP) is -2.13. The summed E-state index contributed by atoms with van der Waals surface area (Å²) in [6.07, 6.45) is -4.93. The summed E-state index contributed by atoms with van der Waals surface area (Å²) in [5.41, 5.74) is 0.377. The summed E-state index contributed by atoms with van der Waals surface area (Å²) in [5.74, 6) is -1.19. The molecule has 1 aromatic carbocycles. The molecule has 0 radical (unpaired) electrons. The number of hydrogen-bond donors (Lipinski definition) is 6. The number of ether oxygens (including phenoxy) is 1. The van der Waals surface area contributed by atoms with Gasteiger partial charge in [-0.15, -0.1) is 0 Å². The molecule has 0 aliphatic carbocycles. The fourth-order valence-electron chi connectivity index (χ4n) is 2.78. The summed E-state index contributed by atoms with van der Waals surface area (Å²) in [6, 6.07) is 4.26. The van der Waals surface area contributed by atoms with E-state index in [1.807, 2.05) is 4.72 Å². The van der Waals surface area contributed by atoms with Crippen LogP contribution in [0.4, 0.5) is 5.69 Å². The van der Waals surface area contributed by atoms with Crippen molar-refractivity contribution in [1.29, 1.82) is 0 Å². The quantitative estimate of drug-likeness (QED) is 0.302. The van der Waals surface area contributed by atoms with E-state index in [1.54, 1.807) is 0 Å². The first-order valence-corrected chi connectivity index (χ1v) is 9.83. The molecular formula is C16H23N3O8S. The Morgan fingerprint density at radius 1 is 1.07 bits per heavy atom. The molecule has 1 fully saturated rings. The van der Waals surface area contributed by atoms with Crippen molar-refractivity contribution in [2.75, 3.05) is 11.9 Å². The van der Waals surface area contributed by atoms with Crippen molar-refractivity contribution in [3.05, 3.63) is 24.3 Å². The fraction of sp³-hybridized carbons (Fsp3) is 0.500. The summed E-state index contributed by atoms with van der Waals surface area (Å²) in [5, 5.41) is 34.9. The van der Waals surface area contributed by atoms with E-state index < -0.39 is 59.0 Å². The van der Waals surface area contributed by atoms with E-state index in [-0.39, 0.29) is 4.90 Å². The molecule has 0 saturated carbocycles. The van der Waals surface area contributed by atoms with E-state index >= 15 is 0 Å². The molecule has 28 heavy (non-hydrogen) atoms. The highest BCUT2D eigenvalue weighted by Crippen LogP contribution is 2.24. The number of rotatable bonds is 6. The summed E-state index contributed by atoms with van der Waals surface area (Å²) in [4.78, 5) is 22.3. The van der Waals surface area contributed by atoms with Gasteiger partial charge in [0.15, 0.2) is 6.23 Å². The minimum atomic E-state index is -3.99. The zero-order chi connectivity index (χ0) is 21.1. The highest BCUT2D eigenvalue weighted by molar-refractivity contribution is 7.90. The van der Waals surface area contributed by atoms with E-state index in [2.05, 4.69) is 10.6 Å². The molecule has 5 atom stereocenters. The second-order valence-corrected chi connectivity index (χ2v) is 8.00. The van der Waals surface area contributed by atoms with Gasteiger partial charge in [0.25, 0.3) is 10.0 Å². The number of nitrogens with one attached hydrogen (secondary N) is 3. The van der Waals surface area contributed by atoms with Crippen molar-refractivity contribution in [3.8, 4) is 0 Å². The average molecular weight is 417 g/mol. The van der Waals surface area contributed by atoms with Crippen LogP contribution in [0.3, 0.4) is 0 Å². The van der Waals surface area contributed by atoms with Crippen molar-refractivity contribution < 1.29 is 38.1 Å². The molecule has 1 aliphatic rings. The topological polar surface area (TPSA) is 174 Å². The number of amides is 2. The normalized spacial score (nSPS) is 27.7. The van der Waals surface area contributed by atoms with Gasteiger partial charge in [-0.05, 0) is 24.3 Å². The molecule has 0 spiro atoms. The molecule has 0 unspecified atom stereocenters. The lowest BCUT2D eigenvalue weighted by atomic mass is 9.96. The predicted molar refractivity (Wildman–Crippen MR) is 96.4 cm³/mol. The maximum atomic E-state index is 12.0. The minimum absolute atomic E-state index is 0.139. The van der Waals surface area contributed by atoms with Gasteiger partial charge in [0.05, 0.1) is 11.5 Å². The van der Waals surface area contributed by atoms with Gasteiger partial charge < -0.3 is 30.7 Å². The summed E-state index contributed by atoms with van der Waals surface area (Å²) < 4.78 is 31.3. The Morgan fingerprint density at radius 2 is 1.68 bits per heavy atom. The fourth-order valence-corrected chi connectivity index (χ4v) is 3.77. The molecule has 6 N–H and O–H groups in total. The van der Waals surface area contributed by atoms with Crippen molar-refractivity contribution >= 4 is 27.5 Å². The summed E-state index contributed by atoms with van der Waals surface area (Å²) in [7, 11) is -3.99. The van der Waals surface area contributed by atoms with E-state index in [0.717, 1.165) is 6.92 Å². The SMILES string of the molecule is CC(=O)N[C@@H]1[C@@H](O)[C@H](O)[C@H](CO)O[C@@H]1Nc1ccc(S(=O)(=O)NC(C)=O)cc1. The molecule has 11 nitrogen and oxygen atoms in total. The van der Waals surface area contributed by atoms with Gasteiger partial charge in [0.2, 0.25) is 11.8 Å². The number of carbonyl (C=O) groups is 2. The Bertz CT molecular complexity index is 814.